The number of aryl methyl sites for hydroxylation is 1. The Labute approximate surface area is 142 Å². The monoisotopic (exact) mass is 325 g/mol. The normalized spacial score (nSPS) is 10.2. The van der Waals surface area contributed by atoms with Crippen LogP contribution in [0.25, 0.3) is 0 Å². The highest BCUT2D eigenvalue weighted by Gasteiger charge is 2.11. The predicted molar refractivity (Wildman–Crippen MR) is 93.8 cm³/mol. The first-order valence-corrected chi connectivity index (χ1v) is 8.18. The minimum absolute atomic E-state index is 0.219. The average molecular weight is 325 g/mol. The molecular weight excluding hydrogens is 302 g/mol. The van der Waals surface area contributed by atoms with Gasteiger partial charge in [-0.05, 0) is 36.6 Å². The Morgan fingerprint density at radius 3 is 2.62 bits per heavy atom. The molecule has 2 rings (SSSR count). The quantitative estimate of drug-likeness (QED) is 0.769. The van der Waals surface area contributed by atoms with Crippen molar-refractivity contribution in [2.75, 3.05) is 6.54 Å². The number of amides is 2. The lowest BCUT2D eigenvalue weighted by Crippen LogP contribution is -2.27. The summed E-state index contributed by atoms with van der Waals surface area (Å²) in [5.74, 6) is -0.472. The van der Waals surface area contributed by atoms with Gasteiger partial charge in [-0.2, -0.15) is 0 Å². The summed E-state index contributed by atoms with van der Waals surface area (Å²) in [6.45, 7) is 5.13. The molecule has 126 valence electrons. The zero-order valence-electron chi connectivity index (χ0n) is 14.1. The zero-order valence-corrected chi connectivity index (χ0v) is 14.1. The Morgan fingerprint density at radius 2 is 1.88 bits per heavy atom. The standard InChI is InChI=1S/C19H23N3O2/c1-3-4-10-21-19(24)17-12-15(9-11-20-17)18(23)22-13-16-8-6-5-7-14(16)2/h5-9,11-12H,3-4,10,13H2,1-2H3,(H,21,24)(H,22,23). The van der Waals surface area contributed by atoms with Crippen LogP contribution in [-0.4, -0.2) is 23.3 Å². The second-order valence-electron chi connectivity index (χ2n) is 5.65. The molecule has 2 N–H and O–H groups in total. The van der Waals surface area contributed by atoms with Gasteiger partial charge in [0.1, 0.15) is 5.69 Å². The maximum atomic E-state index is 12.3. The smallest absolute Gasteiger partial charge is 0.269 e. The number of rotatable bonds is 7. The molecule has 2 amide bonds. The van der Waals surface area contributed by atoms with Crippen LogP contribution in [-0.2, 0) is 6.54 Å². The second-order valence-corrected chi connectivity index (χ2v) is 5.65. The highest BCUT2D eigenvalue weighted by molar-refractivity contribution is 5.98. The van der Waals surface area contributed by atoms with Gasteiger partial charge >= 0.3 is 0 Å². The molecule has 0 atom stereocenters. The van der Waals surface area contributed by atoms with E-state index in [0.29, 0.717) is 18.7 Å². The first-order valence-electron chi connectivity index (χ1n) is 8.18. The van der Waals surface area contributed by atoms with Gasteiger partial charge in [0.05, 0.1) is 0 Å². The van der Waals surface area contributed by atoms with E-state index in [1.807, 2.05) is 31.2 Å². The Morgan fingerprint density at radius 1 is 1.08 bits per heavy atom. The Kier molecular flexibility index (Phi) is 6.49. The number of aromatic nitrogens is 1. The second kappa shape index (κ2) is 8.82. The van der Waals surface area contributed by atoms with Gasteiger partial charge < -0.3 is 10.6 Å². The van der Waals surface area contributed by atoms with E-state index in [1.54, 1.807) is 6.07 Å². The molecule has 1 heterocycles. The number of hydrogen-bond acceptors (Lipinski definition) is 3. The average Bonchev–Trinajstić information content (AvgIpc) is 2.61. The molecule has 0 saturated heterocycles. The van der Waals surface area contributed by atoms with E-state index in [9.17, 15) is 9.59 Å². The number of carbonyl (C=O) groups excluding carboxylic acids is 2. The third-order valence-corrected chi connectivity index (χ3v) is 3.77. The number of unbranched alkanes of at least 4 members (excludes halogenated alkanes) is 1. The van der Waals surface area contributed by atoms with Crippen LogP contribution in [0.1, 0.15) is 51.7 Å². The minimum Gasteiger partial charge on any atom is -0.351 e. The van der Waals surface area contributed by atoms with Gasteiger partial charge in [-0.25, -0.2) is 0 Å². The van der Waals surface area contributed by atoms with E-state index in [-0.39, 0.29) is 17.5 Å². The van der Waals surface area contributed by atoms with Crippen molar-refractivity contribution in [1.82, 2.24) is 15.6 Å². The first kappa shape index (κ1) is 17.7. The number of nitrogens with zero attached hydrogens (tertiary/aromatic N) is 1. The van der Waals surface area contributed by atoms with Crippen LogP contribution in [0.15, 0.2) is 42.6 Å². The molecule has 0 fully saturated rings. The predicted octanol–water partition coefficient (Wildman–Crippen LogP) is 2.85. The van der Waals surface area contributed by atoms with Crippen LogP contribution in [0.4, 0.5) is 0 Å². The molecule has 0 bridgehead atoms. The van der Waals surface area contributed by atoms with Crippen LogP contribution in [0.5, 0.6) is 0 Å². The first-order chi connectivity index (χ1) is 11.6. The highest BCUT2D eigenvalue weighted by atomic mass is 16.2. The molecule has 0 spiro atoms. The topological polar surface area (TPSA) is 71.1 Å². The molecule has 1 aromatic carbocycles. The van der Waals surface area contributed by atoms with E-state index in [4.69, 9.17) is 0 Å². The molecule has 5 heteroatoms. The third-order valence-electron chi connectivity index (χ3n) is 3.77. The molecule has 2 aromatic rings. The van der Waals surface area contributed by atoms with Gasteiger partial charge in [0, 0.05) is 24.8 Å². The minimum atomic E-state index is -0.253. The Hall–Kier alpha value is -2.69. The van der Waals surface area contributed by atoms with Gasteiger partial charge in [-0.15, -0.1) is 0 Å². The largest absolute Gasteiger partial charge is 0.351 e. The van der Waals surface area contributed by atoms with Gasteiger partial charge in [0.2, 0.25) is 0 Å². The molecular formula is C19H23N3O2. The Balaban J connectivity index is 1.98. The zero-order chi connectivity index (χ0) is 17.4. The fraction of sp³-hybridized carbons (Fsp3) is 0.316. The fourth-order valence-corrected chi connectivity index (χ4v) is 2.25. The number of hydrogen-bond donors (Lipinski definition) is 2. The summed E-state index contributed by atoms with van der Waals surface area (Å²) in [6, 6.07) is 11.0. The third kappa shape index (κ3) is 4.91. The highest BCUT2D eigenvalue weighted by Crippen LogP contribution is 2.07. The lowest BCUT2D eigenvalue weighted by atomic mass is 10.1. The van der Waals surface area contributed by atoms with Crippen LogP contribution in [0, 0.1) is 6.92 Å². The van der Waals surface area contributed by atoms with Crippen molar-refractivity contribution >= 4 is 11.8 Å². The van der Waals surface area contributed by atoms with Crippen molar-refractivity contribution in [3.05, 3.63) is 65.0 Å². The molecule has 0 aliphatic carbocycles. The van der Waals surface area contributed by atoms with Crippen LogP contribution in [0.2, 0.25) is 0 Å². The summed E-state index contributed by atoms with van der Waals surface area (Å²) in [5, 5.41) is 5.67. The summed E-state index contributed by atoms with van der Waals surface area (Å²) in [6.07, 6.45) is 3.41. The van der Waals surface area contributed by atoms with Crippen molar-refractivity contribution < 1.29 is 9.59 Å². The summed E-state index contributed by atoms with van der Waals surface area (Å²) in [4.78, 5) is 28.3. The maximum absolute atomic E-state index is 12.3. The van der Waals surface area contributed by atoms with Gasteiger partial charge in [0.25, 0.3) is 11.8 Å². The molecule has 0 aliphatic rings. The van der Waals surface area contributed by atoms with Crippen molar-refractivity contribution in [3.8, 4) is 0 Å². The maximum Gasteiger partial charge on any atom is 0.269 e. The lowest BCUT2D eigenvalue weighted by Gasteiger charge is -2.09. The van der Waals surface area contributed by atoms with E-state index in [0.717, 1.165) is 24.0 Å². The molecule has 0 radical (unpaired) electrons. The van der Waals surface area contributed by atoms with E-state index in [1.165, 1.54) is 12.3 Å². The SMILES string of the molecule is CCCCNC(=O)c1cc(C(=O)NCc2ccccc2C)ccn1. The summed E-state index contributed by atoms with van der Waals surface area (Å²) < 4.78 is 0. The molecule has 0 aliphatic heterocycles. The lowest BCUT2D eigenvalue weighted by molar-refractivity contribution is 0.0948. The van der Waals surface area contributed by atoms with E-state index >= 15 is 0 Å². The fourth-order valence-electron chi connectivity index (χ4n) is 2.25. The Bertz CT molecular complexity index is 713. The molecule has 24 heavy (non-hydrogen) atoms. The number of benzene rings is 1. The number of nitrogens with one attached hydrogen (secondary N) is 2. The number of carbonyl (C=O) groups is 2. The van der Waals surface area contributed by atoms with Gasteiger partial charge in [0.15, 0.2) is 0 Å². The number of pyridine rings is 1. The summed E-state index contributed by atoms with van der Waals surface area (Å²) >= 11 is 0. The molecule has 5 nitrogen and oxygen atoms in total. The van der Waals surface area contributed by atoms with Crippen molar-refractivity contribution in [2.45, 2.75) is 33.2 Å². The summed E-state index contributed by atoms with van der Waals surface area (Å²) in [5.41, 5.74) is 2.88. The van der Waals surface area contributed by atoms with Crippen LogP contribution < -0.4 is 10.6 Å². The molecule has 0 saturated carbocycles. The van der Waals surface area contributed by atoms with E-state index < -0.39 is 0 Å². The van der Waals surface area contributed by atoms with Gasteiger partial charge in [-0.1, -0.05) is 37.6 Å². The summed E-state index contributed by atoms with van der Waals surface area (Å²) in [7, 11) is 0. The van der Waals surface area contributed by atoms with Crippen molar-refractivity contribution in [1.29, 1.82) is 0 Å². The van der Waals surface area contributed by atoms with Crippen LogP contribution in [0.3, 0.4) is 0 Å². The molecule has 0 unspecified atom stereocenters. The van der Waals surface area contributed by atoms with Crippen molar-refractivity contribution in [3.63, 3.8) is 0 Å². The van der Waals surface area contributed by atoms with E-state index in [2.05, 4.69) is 22.5 Å². The van der Waals surface area contributed by atoms with Crippen molar-refractivity contribution in [2.24, 2.45) is 0 Å². The van der Waals surface area contributed by atoms with Crippen LogP contribution >= 0.6 is 0 Å². The molecule has 1 aromatic heterocycles. The van der Waals surface area contributed by atoms with Gasteiger partial charge in [-0.3, -0.25) is 14.6 Å².